The summed E-state index contributed by atoms with van der Waals surface area (Å²) in [4.78, 5) is 10.4. The lowest BCUT2D eigenvalue weighted by molar-refractivity contribution is -0.244. The summed E-state index contributed by atoms with van der Waals surface area (Å²) in [6, 6.07) is 16.3. The highest BCUT2D eigenvalue weighted by molar-refractivity contribution is 5.62. The first-order chi connectivity index (χ1) is 14.0. The van der Waals surface area contributed by atoms with E-state index in [9.17, 15) is 4.79 Å². The number of aldehydes is 1. The lowest BCUT2D eigenvalue weighted by Crippen LogP contribution is -2.46. The molecule has 156 valence electrons. The third kappa shape index (κ3) is 7.72. The Kier molecular flexibility index (Phi) is 9.41. The van der Waals surface area contributed by atoms with Crippen molar-refractivity contribution in [2.45, 2.75) is 45.7 Å². The van der Waals surface area contributed by atoms with Crippen LogP contribution in [0.15, 0.2) is 54.6 Å². The molecule has 0 heterocycles. The van der Waals surface area contributed by atoms with E-state index in [1.807, 2.05) is 30.3 Å². The van der Waals surface area contributed by atoms with Crippen molar-refractivity contribution in [2.24, 2.45) is 11.7 Å². The maximum Gasteiger partial charge on any atom is 0.157 e. The molecule has 0 spiro atoms. The second-order valence-electron chi connectivity index (χ2n) is 7.45. The average Bonchev–Trinajstić information content (AvgIpc) is 2.75. The van der Waals surface area contributed by atoms with Crippen LogP contribution in [0.4, 0.5) is 5.69 Å². The molecule has 5 nitrogen and oxygen atoms in total. The zero-order valence-electron chi connectivity index (χ0n) is 17.6. The molecule has 2 atom stereocenters. The molecule has 0 aliphatic rings. The molecule has 2 unspecified atom stereocenters. The van der Waals surface area contributed by atoms with Crippen molar-refractivity contribution >= 4 is 17.7 Å². The quantitative estimate of drug-likeness (QED) is 0.478. The number of nitrogens with one attached hydrogen (secondary N) is 1. The number of nitrogens with two attached hydrogens (primary N) is 1. The highest BCUT2D eigenvalue weighted by Gasteiger charge is 2.11. The van der Waals surface area contributed by atoms with Crippen LogP contribution in [0, 0.1) is 5.92 Å². The monoisotopic (exact) mass is 396 g/mol. The molecule has 0 saturated heterocycles. The van der Waals surface area contributed by atoms with E-state index in [-0.39, 0.29) is 12.6 Å². The Labute approximate surface area is 174 Å². The summed E-state index contributed by atoms with van der Waals surface area (Å²) in [6.07, 6.45) is 6.06. The zero-order valence-corrected chi connectivity index (χ0v) is 17.6. The predicted octanol–water partition coefficient (Wildman–Crippen LogP) is 3.61. The molecular weight excluding hydrogens is 362 g/mol. The lowest BCUT2D eigenvalue weighted by atomic mass is 9.94. The van der Waals surface area contributed by atoms with Crippen molar-refractivity contribution in [1.29, 1.82) is 0 Å². The van der Waals surface area contributed by atoms with E-state index in [1.54, 1.807) is 0 Å². The third-order valence-corrected chi connectivity index (χ3v) is 5.06. The van der Waals surface area contributed by atoms with E-state index in [1.165, 1.54) is 0 Å². The van der Waals surface area contributed by atoms with Crippen LogP contribution in [0.2, 0.25) is 0 Å². The van der Waals surface area contributed by atoms with E-state index < -0.39 is 0 Å². The number of hydrogen-bond donors (Lipinski definition) is 3. The van der Waals surface area contributed by atoms with Crippen LogP contribution in [-0.2, 0) is 11.3 Å². The van der Waals surface area contributed by atoms with Crippen molar-refractivity contribution in [3.8, 4) is 5.75 Å². The molecule has 6 N–H and O–H groups in total. The second kappa shape index (κ2) is 12.0. The first kappa shape index (κ1) is 22.7. The number of carbonyl (C=O) groups is 1. The average molecular weight is 397 g/mol. The van der Waals surface area contributed by atoms with Crippen molar-refractivity contribution in [3.05, 3.63) is 65.7 Å². The molecule has 2 rings (SSSR count). The minimum absolute atomic E-state index is 0.0780. The largest absolute Gasteiger partial charge is 0.486 e. The minimum atomic E-state index is 0.0780. The van der Waals surface area contributed by atoms with Gasteiger partial charge in [-0.05, 0) is 60.7 Å². The second-order valence-corrected chi connectivity index (χ2v) is 7.45. The lowest BCUT2D eigenvalue weighted by Gasteiger charge is -2.17. The fourth-order valence-corrected chi connectivity index (χ4v) is 3.11. The van der Waals surface area contributed by atoms with Gasteiger partial charge in [0.1, 0.15) is 18.1 Å². The third-order valence-electron chi connectivity index (χ3n) is 5.06. The molecule has 0 saturated carbocycles. The van der Waals surface area contributed by atoms with E-state index in [0.717, 1.165) is 48.1 Å². The fraction of sp³-hybridized carbons (Fsp3) is 0.375. The topological polar surface area (TPSA) is 92.0 Å². The van der Waals surface area contributed by atoms with Gasteiger partial charge in [-0.25, -0.2) is 0 Å². The SMILES string of the molecule is CCCC(N)C(C)CC=C([NH3+])c1cccc(NCc2ccc(OCC=O)cc2)c1. The summed E-state index contributed by atoms with van der Waals surface area (Å²) in [5.41, 5.74) is 14.8. The van der Waals surface area contributed by atoms with Gasteiger partial charge in [0, 0.05) is 23.8 Å². The van der Waals surface area contributed by atoms with Crippen molar-refractivity contribution in [2.75, 3.05) is 11.9 Å². The molecule has 0 aliphatic heterocycles. The van der Waals surface area contributed by atoms with Gasteiger partial charge >= 0.3 is 0 Å². The zero-order chi connectivity index (χ0) is 21.1. The Hall–Kier alpha value is -2.63. The van der Waals surface area contributed by atoms with Gasteiger partial charge < -0.3 is 21.5 Å². The summed E-state index contributed by atoms with van der Waals surface area (Å²) < 4.78 is 5.27. The van der Waals surface area contributed by atoms with Crippen LogP contribution < -0.4 is 21.5 Å². The van der Waals surface area contributed by atoms with Crippen LogP contribution in [0.5, 0.6) is 5.75 Å². The molecule has 29 heavy (non-hydrogen) atoms. The summed E-state index contributed by atoms with van der Waals surface area (Å²) in [6.45, 7) is 5.16. The number of carbonyl (C=O) groups excluding carboxylic acids is 1. The molecule has 0 aromatic heterocycles. The predicted molar refractivity (Wildman–Crippen MR) is 119 cm³/mol. The van der Waals surface area contributed by atoms with E-state index in [4.69, 9.17) is 10.5 Å². The number of allylic oxidation sites excluding steroid dienone is 1. The van der Waals surface area contributed by atoms with Gasteiger partial charge in [-0.2, -0.15) is 0 Å². The van der Waals surface area contributed by atoms with Gasteiger partial charge in [-0.1, -0.05) is 38.5 Å². The first-order valence-electron chi connectivity index (χ1n) is 10.3. The van der Waals surface area contributed by atoms with Gasteiger partial charge in [0.15, 0.2) is 6.29 Å². The van der Waals surface area contributed by atoms with Crippen LogP contribution in [0.25, 0.3) is 5.70 Å². The normalized spacial score (nSPS) is 13.6. The number of rotatable bonds is 12. The molecule has 0 aliphatic carbocycles. The fourth-order valence-electron chi connectivity index (χ4n) is 3.11. The molecule has 0 amide bonds. The maximum atomic E-state index is 10.4. The van der Waals surface area contributed by atoms with Gasteiger partial charge in [-0.15, -0.1) is 0 Å². The Morgan fingerprint density at radius 2 is 2.00 bits per heavy atom. The number of hydrogen-bond acceptors (Lipinski definition) is 4. The Bertz CT molecular complexity index is 787. The van der Waals surface area contributed by atoms with Crippen molar-refractivity contribution in [3.63, 3.8) is 0 Å². The summed E-state index contributed by atoms with van der Waals surface area (Å²) in [5.74, 6) is 1.15. The number of quaternary nitrogens is 1. The molecule has 5 heteroatoms. The standard InChI is InChI=1S/C24H33N3O2/c1-3-5-23(25)18(2)8-13-24(26)20-6-4-7-21(16-20)27-17-19-9-11-22(12-10-19)29-15-14-28/h4,6-7,9-14,16,18,23,27H,3,5,8,15,17,25-26H2,1-2H3/p+1. The molecule has 0 radical (unpaired) electrons. The maximum absolute atomic E-state index is 10.4. The summed E-state index contributed by atoms with van der Waals surface area (Å²) in [7, 11) is 0. The molecule has 2 aromatic rings. The summed E-state index contributed by atoms with van der Waals surface area (Å²) >= 11 is 0. The molecule has 0 bridgehead atoms. The van der Waals surface area contributed by atoms with Crippen molar-refractivity contribution < 1.29 is 15.3 Å². The number of anilines is 1. The summed E-state index contributed by atoms with van der Waals surface area (Å²) in [5, 5.41) is 3.45. The Balaban J connectivity index is 1.93. The highest BCUT2D eigenvalue weighted by atomic mass is 16.5. The molecule has 2 aromatic carbocycles. The molecule has 0 fully saturated rings. The Morgan fingerprint density at radius 3 is 2.69 bits per heavy atom. The van der Waals surface area contributed by atoms with Crippen LogP contribution in [0.1, 0.15) is 44.2 Å². The van der Waals surface area contributed by atoms with Crippen LogP contribution in [-0.4, -0.2) is 18.9 Å². The van der Waals surface area contributed by atoms with E-state index in [0.29, 0.717) is 18.2 Å². The Morgan fingerprint density at radius 1 is 1.24 bits per heavy atom. The van der Waals surface area contributed by atoms with Gasteiger partial charge in [-0.3, -0.25) is 4.79 Å². The number of benzene rings is 2. The first-order valence-corrected chi connectivity index (χ1v) is 10.3. The van der Waals surface area contributed by atoms with E-state index >= 15 is 0 Å². The minimum Gasteiger partial charge on any atom is -0.486 e. The number of ether oxygens (including phenoxy) is 1. The molecular formula is C24H34N3O2+. The smallest absolute Gasteiger partial charge is 0.157 e. The van der Waals surface area contributed by atoms with Crippen LogP contribution >= 0.6 is 0 Å². The van der Waals surface area contributed by atoms with Gasteiger partial charge in [0.05, 0.1) is 0 Å². The van der Waals surface area contributed by atoms with Crippen molar-refractivity contribution in [1.82, 2.24) is 0 Å². The van der Waals surface area contributed by atoms with Gasteiger partial charge in [0.25, 0.3) is 0 Å². The van der Waals surface area contributed by atoms with E-state index in [2.05, 4.69) is 49.2 Å². The highest BCUT2D eigenvalue weighted by Crippen LogP contribution is 2.19. The van der Waals surface area contributed by atoms with Gasteiger partial charge in [0.2, 0.25) is 0 Å². The van der Waals surface area contributed by atoms with Crippen LogP contribution in [0.3, 0.4) is 0 Å².